The maximum atomic E-state index is 14.7. The van der Waals surface area contributed by atoms with Gasteiger partial charge in [0.25, 0.3) is 0 Å². The lowest BCUT2D eigenvalue weighted by Gasteiger charge is -2.63. The van der Waals surface area contributed by atoms with E-state index in [0.29, 0.717) is 37.5 Å². The van der Waals surface area contributed by atoms with Crippen molar-refractivity contribution in [1.29, 1.82) is 0 Å². The summed E-state index contributed by atoms with van der Waals surface area (Å²) in [5.74, 6) is -2.55. The first-order chi connectivity index (χ1) is 21.5. The molecule has 10 aliphatic rings. The van der Waals surface area contributed by atoms with Crippen LogP contribution in [-0.2, 0) is 48.1 Å². The Kier molecular flexibility index (Phi) is 7.30. The summed E-state index contributed by atoms with van der Waals surface area (Å²) >= 11 is 0. The van der Waals surface area contributed by atoms with Gasteiger partial charge in [-0.15, -0.1) is 0 Å². The van der Waals surface area contributed by atoms with Gasteiger partial charge in [-0.05, 0) is 77.0 Å². The molecule has 252 valence electrons. The molecule has 0 radical (unpaired) electrons. The fourth-order valence-corrected chi connectivity index (χ4v) is 11.5. The molecule has 10 rings (SSSR count). The average molecular weight is 633 g/mol. The van der Waals surface area contributed by atoms with Crippen LogP contribution in [0.4, 0.5) is 0 Å². The average Bonchev–Trinajstić information content (AvgIpc) is 3.38. The SMILES string of the molecule is CCCCCC[C@]1(C[C@@H]2C(=O)O[C@@H]3O[C@@]4(C)CC[C@H]5[C@H](C)CC[C@@H]2[C@@]35OO4)C(=O)O[C@@H]2O[C@@]3(C)CC[C@H]4[C@H](C)CC[C@@H]1[C@@]24OO3. The van der Waals surface area contributed by atoms with Gasteiger partial charge in [-0.3, -0.25) is 9.59 Å². The molecule has 2 saturated carbocycles. The van der Waals surface area contributed by atoms with E-state index < -0.39 is 46.7 Å². The molecule has 0 unspecified atom stereocenters. The summed E-state index contributed by atoms with van der Waals surface area (Å²) in [4.78, 5) is 54.0. The number of hydrogen-bond donors (Lipinski definition) is 0. The smallest absolute Gasteiger partial charge is 0.314 e. The molecule has 8 heterocycles. The Hall–Kier alpha value is -1.30. The molecule has 0 aromatic rings. The van der Waals surface area contributed by atoms with E-state index in [1.807, 2.05) is 13.8 Å². The maximum Gasteiger partial charge on any atom is 0.314 e. The van der Waals surface area contributed by atoms with Crippen LogP contribution in [0.1, 0.15) is 125 Å². The number of ether oxygens (including phenoxy) is 4. The zero-order chi connectivity index (χ0) is 31.4. The predicted octanol–water partition coefficient (Wildman–Crippen LogP) is 6.49. The Morgan fingerprint density at radius 1 is 0.689 bits per heavy atom. The fourth-order valence-electron chi connectivity index (χ4n) is 11.5. The summed E-state index contributed by atoms with van der Waals surface area (Å²) in [5, 5.41) is 0. The normalized spacial score (nSPS) is 54.7. The van der Waals surface area contributed by atoms with Crippen molar-refractivity contribution in [2.24, 2.45) is 46.8 Å². The van der Waals surface area contributed by atoms with E-state index in [1.54, 1.807) is 0 Å². The Labute approximate surface area is 266 Å². The van der Waals surface area contributed by atoms with Gasteiger partial charge >= 0.3 is 11.9 Å². The minimum Gasteiger partial charge on any atom is -0.432 e. The highest BCUT2D eigenvalue weighted by Crippen LogP contribution is 2.67. The molecule has 2 aliphatic carbocycles. The third-order valence-corrected chi connectivity index (χ3v) is 13.9. The standard InChI is InChI=1S/C35H52O10/c1-6-7-8-9-16-33(26-13-11-21(3)24-15-18-32(5)41-30(39-28(33)37)35(24,26)45-43-32)19-22-25-12-10-20(2)23-14-17-31(4)40-29(38-27(22)36)34(23,25)44-42-31/h20-26,29-30H,6-19H2,1-5H3/t20-,21-,22+,23+,24+,25+,26+,29-,30-,31-,32-,33-,34-,35-/m1/s1. The number of fused-ring (bicyclic) bond motifs is 4. The number of esters is 2. The van der Waals surface area contributed by atoms with Crippen LogP contribution in [0.5, 0.6) is 0 Å². The molecule has 0 aromatic heterocycles. The minimum absolute atomic E-state index is 0.109. The van der Waals surface area contributed by atoms with Crippen LogP contribution >= 0.6 is 0 Å². The van der Waals surface area contributed by atoms with Gasteiger partial charge in [-0.2, -0.15) is 0 Å². The quantitative estimate of drug-likeness (QED) is 0.175. The van der Waals surface area contributed by atoms with E-state index in [1.165, 1.54) is 0 Å². The lowest BCUT2D eigenvalue weighted by Crippen LogP contribution is -2.74. The van der Waals surface area contributed by atoms with Gasteiger partial charge in [0, 0.05) is 36.5 Å². The molecule has 0 aromatic carbocycles. The predicted molar refractivity (Wildman–Crippen MR) is 157 cm³/mol. The lowest BCUT2D eigenvalue weighted by atomic mass is 9.49. The molecule has 10 heteroatoms. The van der Waals surface area contributed by atoms with Gasteiger partial charge in [-0.1, -0.05) is 46.5 Å². The van der Waals surface area contributed by atoms with E-state index in [9.17, 15) is 9.59 Å². The molecule has 8 aliphatic heterocycles. The second-order valence-corrected chi connectivity index (χ2v) is 16.4. The number of carbonyl (C=O) groups excluding carboxylic acids is 2. The van der Waals surface area contributed by atoms with E-state index in [0.717, 1.165) is 64.2 Å². The summed E-state index contributed by atoms with van der Waals surface area (Å²) < 4.78 is 25.5. The van der Waals surface area contributed by atoms with Crippen LogP contribution in [0.15, 0.2) is 0 Å². The topological polar surface area (TPSA) is 108 Å². The first-order valence-electron chi connectivity index (χ1n) is 18.0. The van der Waals surface area contributed by atoms with Crippen LogP contribution < -0.4 is 0 Å². The van der Waals surface area contributed by atoms with Crippen LogP contribution in [0.2, 0.25) is 0 Å². The Bertz CT molecular complexity index is 1210. The van der Waals surface area contributed by atoms with Crippen molar-refractivity contribution in [3.63, 3.8) is 0 Å². The van der Waals surface area contributed by atoms with Crippen LogP contribution in [0, 0.1) is 46.8 Å². The number of rotatable bonds is 7. The molecule has 0 N–H and O–H groups in total. The molecule has 10 fully saturated rings. The van der Waals surface area contributed by atoms with Crippen molar-refractivity contribution in [3.05, 3.63) is 0 Å². The largest absolute Gasteiger partial charge is 0.432 e. The van der Waals surface area contributed by atoms with Gasteiger partial charge in [0.1, 0.15) is 0 Å². The number of unbranched alkanes of at least 4 members (excludes halogenated alkanes) is 3. The van der Waals surface area contributed by atoms with E-state index in [-0.39, 0.29) is 35.6 Å². The molecule has 4 bridgehead atoms. The highest BCUT2D eigenvalue weighted by molar-refractivity contribution is 5.81. The second-order valence-electron chi connectivity index (χ2n) is 16.4. The Morgan fingerprint density at radius 3 is 2.00 bits per heavy atom. The summed E-state index contributed by atoms with van der Waals surface area (Å²) in [7, 11) is 0. The molecule has 45 heavy (non-hydrogen) atoms. The summed E-state index contributed by atoms with van der Waals surface area (Å²) in [6, 6.07) is 0. The fraction of sp³-hybridized carbons (Fsp3) is 0.943. The summed E-state index contributed by atoms with van der Waals surface area (Å²) in [6.07, 6.45) is 9.90. The highest BCUT2D eigenvalue weighted by atomic mass is 17.3. The third kappa shape index (κ3) is 4.27. The van der Waals surface area contributed by atoms with E-state index >= 15 is 0 Å². The third-order valence-electron chi connectivity index (χ3n) is 13.9. The highest BCUT2D eigenvalue weighted by Gasteiger charge is 2.76. The van der Waals surface area contributed by atoms with Crippen molar-refractivity contribution in [2.75, 3.05) is 0 Å². The summed E-state index contributed by atoms with van der Waals surface area (Å²) in [5.41, 5.74) is -2.79. The zero-order valence-electron chi connectivity index (χ0n) is 27.7. The number of carbonyl (C=O) groups is 2. The lowest BCUT2D eigenvalue weighted by molar-refractivity contribution is -0.564. The van der Waals surface area contributed by atoms with Crippen LogP contribution in [-0.4, -0.2) is 47.3 Å². The van der Waals surface area contributed by atoms with Crippen molar-refractivity contribution >= 4 is 11.9 Å². The zero-order valence-corrected chi connectivity index (χ0v) is 27.7. The van der Waals surface area contributed by atoms with Crippen molar-refractivity contribution in [1.82, 2.24) is 0 Å². The molecular weight excluding hydrogens is 580 g/mol. The minimum atomic E-state index is -0.964. The van der Waals surface area contributed by atoms with Crippen molar-refractivity contribution in [3.8, 4) is 0 Å². The van der Waals surface area contributed by atoms with Crippen LogP contribution in [0.25, 0.3) is 0 Å². The molecule has 8 saturated heterocycles. The molecule has 14 atom stereocenters. The second kappa shape index (κ2) is 10.6. The van der Waals surface area contributed by atoms with Gasteiger partial charge in [0.2, 0.25) is 24.2 Å². The monoisotopic (exact) mass is 632 g/mol. The van der Waals surface area contributed by atoms with Gasteiger partial charge < -0.3 is 18.9 Å². The van der Waals surface area contributed by atoms with E-state index in [4.69, 9.17) is 38.5 Å². The summed E-state index contributed by atoms with van der Waals surface area (Å²) in [6.45, 7) is 10.5. The molecular formula is C35H52O10. The van der Waals surface area contributed by atoms with E-state index in [2.05, 4.69) is 20.8 Å². The maximum absolute atomic E-state index is 14.7. The molecule has 2 spiro atoms. The van der Waals surface area contributed by atoms with Crippen molar-refractivity contribution < 1.29 is 48.1 Å². The Morgan fingerprint density at radius 2 is 1.31 bits per heavy atom. The first kappa shape index (κ1) is 31.0. The number of hydrogen-bond acceptors (Lipinski definition) is 10. The van der Waals surface area contributed by atoms with Gasteiger partial charge in [0.15, 0.2) is 11.2 Å². The molecule has 10 nitrogen and oxygen atoms in total. The van der Waals surface area contributed by atoms with Gasteiger partial charge in [-0.25, -0.2) is 19.6 Å². The van der Waals surface area contributed by atoms with Gasteiger partial charge in [0.05, 0.1) is 11.3 Å². The molecule has 0 amide bonds. The first-order valence-corrected chi connectivity index (χ1v) is 18.0. The van der Waals surface area contributed by atoms with Crippen LogP contribution in [0.3, 0.4) is 0 Å². The van der Waals surface area contributed by atoms with Crippen molar-refractivity contribution in [2.45, 2.75) is 160 Å². The Balaban J connectivity index is 1.21.